The molecule has 0 spiro atoms. The summed E-state index contributed by atoms with van der Waals surface area (Å²) in [4.78, 5) is 16.3. The molecular weight excluding hydrogens is 186 g/mol. The molecule has 0 saturated carbocycles. The molecule has 0 N–H and O–H groups in total. The van der Waals surface area contributed by atoms with Gasteiger partial charge in [-0.25, -0.2) is 0 Å². The van der Waals surface area contributed by atoms with Crippen molar-refractivity contribution in [1.29, 1.82) is 0 Å². The van der Waals surface area contributed by atoms with Crippen LogP contribution in [0.5, 0.6) is 0 Å². The Kier molecular flexibility index (Phi) is 4.01. The van der Waals surface area contributed by atoms with E-state index in [1.54, 1.807) is 6.20 Å². The van der Waals surface area contributed by atoms with Gasteiger partial charge in [-0.3, -0.25) is 9.78 Å². The third kappa shape index (κ3) is 2.88. The molecule has 1 heterocycles. The lowest BCUT2D eigenvalue weighted by molar-refractivity contribution is -0.124. The normalized spacial score (nSPS) is 15.0. The maximum Gasteiger partial charge on any atom is 0.144 e. The van der Waals surface area contributed by atoms with Crippen LogP contribution in [0.4, 0.5) is 0 Å². The number of hydrogen-bond donors (Lipinski definition) is 0. The molecule has 0 saturated heterocycles. The molecule has 15 heavy (non-hydrogen) atoms. The fourth-order valence-electron chi connectivity index (χ4n) is 1.50. The first-order valence-corrected chi connectivity index (χ1v) is 5.48. The molecule has 0 radical (unpaired) electrons. The summed E-state index contributed by atoms with van der Waals surface area (Å²) in [5.74, 6) is 0.679. The molecule has 0 aliphatic rings. The molecule has 1 aromatic rings. The van der Waals surface area contributed by atoms with Crippen LogP contribution in [0.15, 0.2) is 24.4 Å². The van der Waals surface area contributed by atoms with Crippen molar-refractivity contribution in [3.8, 4) is 0 Å². The van der Waals surface area contributed by atoms with Crippen molar-refractivity contribution >= 4 is 5.78 Å². The predicted octanol–water partition coefficient (Wildman–Crippen LogP) is 3.05. The SMILES string of the molecule is CC(C(=O)C(C)C(C)C)c1ccccn1. The molecule has 2 heteroatoms. The zero-order chi connectivity index (χ0) is 11.4. The van der Waals surface area contributed by atoms with Crippen molar-refractivity contribution in [2.45, 2.75) is 33.6 Å². The van der Waals surface area contributed by atoms with Crippen LogP contribution in [0.2, 0.25) is 0 Å². The van der Waals surface area contributed by atoms with Crippen molar-refractivity contribution in [3.05, 3.63) is 30.1 Å². The maximum atomic E-state index is 12.0. The molecule has 0 amide bonds. The van der Waals surface area contributed by atoms with Crippen molar-refractivity contribution < 1.29 is 4.79 Å². The molecule has 0 aliphatic heterocycles. The third-order valence-corrected chi connectivity index (χ3v) is 3.01. The van der Waals surface area contributed by atoms with Gasteiger partial charge in [-0.2, -0.15) is 0 Å². The first-order chi connectivity index (χ1) is 7.04. The van der Waals surface area contributed by atoms with Crippen LogP contribution in [0, 0.1) is 11.8 Å². The Morgan fingerprint density at radius 2 is 1.87 bits per heavy atom. The Balaban J connectivity index is 2.78. The Morgan fingerprint density at radius 3 is 2.33 bits per heavy atom. The van der Waals surface area contributed by atoms with Gasteiger partial charge in [0, 0.05) is 12.1 Å². The fraction of sp³-hybridized carbons (Fsp3) is 0.538. The minimum atomic E-state index is -0.0939. The predicted molar refractivity (Wildman–Crippen MR) is 61.7 cm³/mol. The number of carbonyl (C=O) groups is 1. The number of pyridine rings is 1. The standard InChI is InChI=1S/C13H19NO/c1-9(2)10(3)13(15)11(4)12-7-5-6-8-14-12/h5-11H,1-4H3. The summed E-state index contributed by atoms with van der Waals surface area (Å²) in [6.07, 6.45) is 1.74. The van der Waals surface area contributed by atoms with Crippen molar-refractivity contribution in [2.75, 3.05) is 0 Å². The highest BCUT2D eigenvalue weighted by Crippen LogP contribution is 2.22. The molecule has 0 bridgehead atoms. The van der Waals surface area contributed by atoms with Crippen molar-refractivity contribution in [3.63, 3.8) is 0 Å². The molecule has 2 nitrogen and oxygen atoms in total. The van der Waals surface area contributed by atoms with Gasteiger partial charge >= 0.3 is 0 Å². The molecule has 2 atom stereocenters. The highest BCUT2D eigenvalue weighted by Gasteiger charge is 2.24. The Bertz CT molecular complexity index is 319. The van der Waals surface area contributed by atoms with E-state index in [9.17, 15) is 4.79 Å². The zero-order valence-corrected chi connectivity index (χ0v) is 9.90. The molecule has 82 valence electrons. The number of hydrogen-bond acceptors (Lipinski definition) is 2. The summed E-state index contributed by atoms with van der Waals surface area (Å²) in [6, 6.07) is 5.70. The average Bonchev–Trinajstić information content (AvgIpc) is 2.27. The summed E-state index contributed by atoms with van der Waals surface area (Å²) in [6.45, 7) is 8.08. The van der Waals surface area contributed by atoms with Gasteiger partial charge in [0.2, 0.25) is 0 Å². The van der Waals surface area contributed by atoms with Gasteiger partial charge in [0.1, 0.15) is 5.78 Å². The summed E-state index contributed by atoms with van der Waals surface area (Å²) >= 11 is 0. The molecule has 1 rings (SSSR count). The van der Waals surface area contributed by atoms with Gasteiger partial charge in [-0.05, 0) is 25.0 Å². The number of rotatable bonds is 4. The van der Waals surface area contributed by atoms with Crippen LogP contribution in [0.1, 0.15) is 39.3 Å². The average molecular weight is 205 g/mol. The number of ketones is 1. The van der Waals surface area contributed by atoms with Gasteiger partial charge in [-0.15, -0.1) is 0 Å². The highest BCUT2D eigenvalue weighted by atomic mass is 16.1. The van der Waals surface area contributed by atoms with Crippen LogP contribution in [0.25, 0.3) is 0 Å². The second-order valence-electron chi connectivity index (χ2n) is 4.41. The second kappa shape index (κ2) is 5.06. The van der Waals surface area contributed by atoms with Crippen LogP contribution >= 0.6 is 0 Å². The minimum absolute atomic E-state index is 0.0939. The fourth-order valence-corrected chi connectivity index (χ4v) is 1.50. The Morgan fingerprint density at radius 1 is 1.20 bits per heavy atom. The minimum Gasteiger partial charge on any atom is -0.299 e. The molecule has 0 fully saturated rings. The monoisotopic (exact) mass is 205 g/mol. The molecular formula is C13H19NO. The van der Waals surface area contributed by atoms with E-state index in [0.29, 0.717) is 5.92 Å². The maximum absolute atomic E-state index is 12.0. The molecule has 2 unspecified atom stereocenters. The third-order valence-electron chi connectivity index (χ3n) is 3.01. The van der Waals surface area contributed by atoms with Gasteiger partial charge < -0.3 is 0 Å². The van der Waals surface area contributed by atoms with Crippen LogP contribution in [0.3, 0.4) is 0 Å². The van der Waals surface area contributed by atoms with Crippen LogP contribution < -0.4 is 0 Å². The molecule has 0 aliphatic carbocycles. The Labute approximate surface area is 91.7 Å². The summed E-state index contributed by atoms with van der Waals surface area (Å²) in [5, 5.41) is 0. The van der Waals surface area contributed by atoms with E-state index >= 15 is 0 Å². The van der Waals surface area contributed by atoms with E-state index in [1.165, 1.54) is 0 Å². The van der Waals surface area contributed by atoms with E-state index in [2.05, 4.69) is 18.8 Å². The largest absolute Gasteiger partial charge is 0.299 e. The lowest BCUT2D eigenvalue weighted by Crippen LogP contribution is -2.22. The highest BCUT2D eigenvalue weighted by molar-refractivity contribution is 5.86. The number of nitrogens with zero attached hydrogens (tertiary/aromatic N) is 1. The molecule has 0 aromatic carbocycles. The van der Waals surface area contributed by atoms with E-state index in [0.717, 1.165) is 5.69 Å². The smallest absolute Gasteiger partial charge is 0.144 e. The summed E-state index contributed by atoms with van der Waals surface area (Å²) < 4.78 is 0. The first kappa shape index (κ1) is 11.9. The second-order valence-corrected chi connectivity index (χ2v) is 4.41. The van der Waals surface area contributed by atoms with Gasteiger partial charge in [0.25, 0.3) is 0 Å². The van der Waals surface area contributed by atoms with Crippen LogP contribution in [-0.4, -0.2) is 10.8 Å². The summed E-state index contributed by atoms with van der Waals surface area (Å²) in [5.41, 5.74) is 0.870. The quantitative estimate of drug-likeness (QED) is 0.756. The van der Waals surface area contributed by atoms with E-state index < -0.39 is 0 Å². The van der Waals surface area contributed by atoms with Gasteiger partial charge in [0.05, 0.1) is 11.6 Å². The number of Topliss-reactive ketones (excluding diaryl/α,β-unsaturated/α-hetero) is 1. The Hall–Kier alpha value is -1.18. The lowest BCUT2D eigenvalue weighted by atomic mass is 9.86. The van der Waals surface area contributed by atoms with Gasteiger partial charge in [0.15, 0.2) is 0 Å². The zero-order valence-electron chi connectivity index (χ0n) is 9.90. The topological polar surface area (TPSA) is 30.0 Å². The number of carbonyl (C=O) groups excluding carboxylic acids is 1. The lowest BCUT2D eigenvalue weighted by Gasteiger charge is -2.18. The van der Waals surface area contributed by atoms with E-state index in [4.69, 9.17) is 0 Å². The van der Waals surface area contributed by atoms with E-state index in [1.807, 2.05) is 32.0 Å². The first-order valence-electron chi connectivity index (χ1n) is 5.48. The van der Waals surface area contributed by atoms with E-state index in [-0.39, 0.29) is 17.6 Å². The summed E-state index contributed by atoms with van der Waals surface area (Å²) in [7, 11) is 0. The molecule has 1 aromatic heterocycles. The van der Waals surface area contributed by atoms with Crippen molar-refractivity contribution in [1.82, 2.24) is 4.98 Å². The van der Waals surface area contributed by atoms with Gasteiger partial charge in [-0.1, -0.05) is 26.8 Å². The number of aromatic nitrogens is 1. The van der Waals surface area contributed by atoms with Crippen LogP contribution in [-0.2, 0) is 4.79 Å². The van der Waals surface area contributed by atoms with Crippen molar-refractivity contribution in [2.24, 2.45) is 11.8 Å².